The van der Waals surface area contributed by atoms with Gasteiger partial charge in [-0.2, -0.15) is 0 Å². The van der Waals surface area contributed by atoms with E-state index in [1.165, 1.54) is 0 Å². The maximum Gasteiger partial charge on any atom is 0.371 e. The largest absolute Gasteiger partial charge is 0.475 e. The fraction of sp³-hybridized carbons (Fsp3) is 0.143. The van der Waals surface area contributed by atoms with Crippen molar-refractivity contribution in [3.05, 3.63) is 23.9 Å². The molecule has 4 nitrogen and oxygen atoms in total. The monoisotopic (exact) mass is 152 g/mol. The van der Waals surface area contributed by atoms with Gasteiger partial charge in [-0.15, -0.1) is 0 Å². The zero-order valence-electron chi connectivity index (χ0n) is 5.82. The Morgan fingerprint density at radius 1 is 1.73 bits per heavy atom. The summed E-state index contributed by atoms with van der Waals surface area (Å²) in [6.45, 7) is 0. The zero-order chi connectivity index (χ0) is 8.27. The van der Waals surface area contributed by atoms with Crippen molar-refractivity contribution in [2.45, 2.75) is 6.42 Å². The number of carboxylic acids is 1. The molecule has 1 aliphatic rings. The summed E-state index contributed by atoms with van der Waals surface area (Å²) < 4.78 is 0. The third-order valence-electron chi connectivity index (χ3n) is 1.22. The third-order valence-corrected chi connectivity index (χ3v) is 1.22. The Bertz CT molecular complexity index is 264. The van der Waals surface area contributed by atoms with Crippen LogP contribution in [-0.4, -0.2) is 16.9 Å². The van der Waals surface area contributed by atoms with E-state index < -0.39 is 5.97 Å². The average Bonchev–Trinajstić information content (AvgIpc) is 2.39. The van der Waals surface area contributed by atoms with Crippen LogP contribution in [0, 0.1) is 0 Å². The number of aliphatic imine (C=N–C) groups is 1. The number of carbonyl (C=O) groups is 1. The molecule has 0 heterocycles. The number of hydrogen-bond acceptors (Lipinski definition) is 2. The number of nitrogens with zero attached hydrogens (tertiary/aromatic N) is 1. The fourth-order valence-corrected chi connectivity index (χ4v) is 0.715. The second-order valence-corrected chi connectivity index (χ2v) is 2.07. The molecule has 0 aliphatic heterocycles. The van der Waals surface area contributed by atoms with Gasteiger partial charge in [0, 0.05) is 0 Å². The Kier molecular flexibility index (Phi) is 2.06. The third kappa shape index (κ3) is 1.93. The highest BCUT2D eigenvalue weighted by molar-refractivity contribution is 6.34. The Balaban J connectivity index is 2.72. The van der Waals surface area contributed by atoms with Crippen molar-refractivity contribution in [3.63, 3.8) is 0 Å². The lowest BCUT2D eigenvalue weighted by atomic mass is 10.4. The molecule has 58 valence electrons. The minimum Gasteiger partial charge on any atom is -0.475 e. The first-order chi connectivity index (χ1) is 5.20. The summed E-state index contributed by atoms with van der Waals surface area (Å²) in [5.41, 5.74) is 5.69. The second-order valence-electron chi connectivity index (χ2n) is 2.07. The Hall–Kier alpha value is -1.58. The van der Waals surface area contributed by atoms with Gasteiger partial charge >= 0.3 is 5.97 Å². The van der Waals surface area contributed by atoms with E-state index in [1.807, 2.05) is 6.08 Å². The van der Waals surface area contributed by atoms with Gasteiger partial charge in [-0.1, -0.05) is 12.2 Å². The summed E-state index contributed by atoms with van der Waals surface area (Å²) in [6.07, 6.45) is 6.21. The molecule has 0 amide bonds. The summed E-state index contributed by atoms with van der Waals surface area (Å²) in [7, 11) is 0. The lowest BCUT2D eigenvalue weighted by Crippen LogP contribution is -2.22. The lowest BCUT2D eigenvalue weighted by molar-refractivity contribution is -0.129. The van der Waals surface area contributed by atoms with Gasteiger partial charge in [0.25, 0.3) is 0 Å². The first-order valence-corrected chi connectivity index (χ1v) is 3.14. The molecule has 0 aromatic carbocycles. The topological polar surface area (TPSA) is 75.7 Å². The van der Waals surface area contributed by atoms with Crippen LogP contribution in [0.4, 0.5) is 0 Å². The fourth-order valence-electron chi connectivity index (χ4n) is 0.715. The van der Waals surface area contributed by atoms with Crippen molar-refractivity contribution in [1.29, 1.82) is 0 Å². The molecule has 4 heteroatoms. The molecule has 3 N–H and O–H groups in total. The molecule has 0 atom stereocenters. The van der Waals surface area contributed by atoms with Crippen LogP contribution in [0.2, 0.25) is 0 Å². The maximum atomic E-state index is 10.2. The van der Waals surface area contributed by atoms with Crippen molar-refractivity contribution >= 4 is 11.8 Å². The summed E-state index contributed by atoms with van der Waals surface area (Å²) in [5, 5.41) is 8.34. The van der Waals surface area contributed by atoms with Crippen molar-refractivity contribution in [2.24, 2.45) is 10.7 Å². The molecule has 0 fully saturated rings. The van der Waals surface area contributed by atoms with E-state index in [9.17, 15) is 4.79 Å². The van der Waals surface area contributed by atoms with E-state index in [1.54, 1.807) is 12.2 Å². The normalized spacial score (nSPS) is 16.7. The van der Waals surface area contributed by atoms with Crippen molar-refractivity contribution < 1.29 is 9.90 Å². The minimum absolute atomic E-state index is 0.372. The number of amidine groups is 1. The number of nitrogens with two attached hydrogens (primary N) is 1. The van der Waals surface area contributed by atoms with Crippen LogP contribution in [0.3, 0.4) is 0 Å². The van der Waals surface area contributed by atoms with Crippen molar-refractivity contribution in [3.8, 4) is 0 Å². The SMILES string of the molecule is NC(=NC1=CCC=C1)C(=O)O. The van der Waals surface area contributed by atoms with Crippen LogP contribution in [0.15, 0.2) is 28.9 Å². The van der Waals surface area contributed by atoms with Crippen molar-refractivity contribution in [1.82, 2.24) is 0 Å². The number of hydrogen-bond donors (Lipinski definition) is 2. The van der Waals surface area contributed by atoms with Crippen LogP contribution in [0.25, 0.3) is 0 Å². The molecule has 0 radical (unpaired) electrons. The maximum absolute atomic E-state index is 10.2. The van der Waals surface area contributed by atoms with Crippen molar-refractivity contribution in [2.75, 3.05) is 0 Å². The predicted molar refractivity (Wildman–Crippen MR) is 41.1 cm³/mol. The molecule has 1 aliphatic carbocycles. The van der Waals surface area contributed by atoms with Gasteiger partial charge in [0.15, 0.2) is 0 Å². The quantitative estimate of drug-likeness (QED) is 0.418. The molecule has 1 rings (SSSR count). The van der Waals surface area contributed by atoms with E-state index in [4.69, 9.17) is 10.8 Å². The van der Waals surface area contributed by atoms with Gasteiger partial charge < -0.3 is 10.8 Å². The van der Waals surface area contributed by atoms with Gasteiger partial charge in [0.05, 0.1) is 5.70 Å². The molecular weight excluding hydrogens is 144 g/mol. The number of allylic oxidation sites excluding steroid dienone is 3. The average molecular weight is 152 g/mol. The number of carboxylic acid groups (broad SMARTS) is 1. The molecule has 0 saturated heterocycles. The first-order valence-electron chi connectivity index (χ1n) is 3.14. The summed E-state index contributed by atoms with van der Waals surface area (Å²) in [6, 6.07) is 0. The molecule has 0 aromatic rings. The minimum atomic E-state index is -1.19. The molecular formula is C7H8N2O2. The first kappa shape index (κ1) is 7.53. The molecule has 0 bridgehead atoms. The Morgan fingerprint density at radius 3 is 2.91 bits per heavy atom. The zero-order valence-corrected chi connectivity index (χ0v) is 5.82. The highest BCUT2D eigenvalue weighted by Gasteiger charge is 2.03. The highest BCUT2D eigenvalue weighted by Crippen LogP contribution is 2.09. The van der Waals surface area contributed by atoms with E-state index in [0.29, 0.717) is 5.70 Å². The highest BCUT2D eigenvalue weighted by atomic mass is 16.4. The van der Waals surface area contributed by atoms with Gasteiger partial charge in [0.2, 0.25) is 5.84 Å². The second kappa shape index (κ2) is 3.01. The van der Waals surface area contributed by atoms with Gasteiger partial charge in [-0.3, -0.25) is 0 Å². The van der Waals surface area contributed by atoms with Crippen LogP contribution < -0.4 is 5.73 Å². The molecule has 11 heavy (non-hydrogen) atoms. The summed E-state index contributed by atoms with van der Waals surface area (Å²) in [4.78, 5) is 13.8. The van der Waals surface area contributed by atoms with E-state index in [0.717, 1.165) is 6.42 Å². The molecule has 0 aromatic heterocycles. The van der Waals surface area contributed by atoms with E-state index in [2.05, 4.69) is 4.99 Å². The molecule has 0 spiro atoms. The van der Waals surface area contributed by atoms with Crippen LogP contribution >= 0.6 is 0 Å². The standard InChI is InChI=1S/C7H8N2O2/c8-6(7(10)11)9-5-3-1-2-4-5/h1,3-4H,2H2,(H2,8,9)(H,10,11). The predicted octanol–water partition coefficient (Wildman–Crippen LogP) is 0.272. The summed E-state index contributed by atoms with van der Waals surface area (Å²) in [5.74, 6) is -1.56. The van der Waals surface area contributed by atoms with E-state index in [-0.39, 0.29) is 5.84 Å². The Morgan fingerprint density at radius 2 is 2.45 bits per heavy atom. The summed E-state index contributed by atoms with van der Waals surface area (Å²) >= 11 is 0. The van der Waals surface area contributed by atoms with E-state index >= 15 is 0 Å². The van der Waals surface area contributed by atoms with Crippen LogP contribution in [0.1, 0.15) is 6.42 Å². The lowest BCUT2D eigenvalue weighted by Gasteiger charge is -1.91. The number of rotatable bonds is 1. The Labute approximate surface area is 63.7 Å². The molecule has 0 unspecified atom stereocenters. The van der Waals surface area contributed by atoms with Gasteiger partial charge in [0.1, 0.15) is 0 Å². The smallest absolute Gasteiger partial charge is 0.371 e. The molecule has 0 saturated carbocycles. The number of aliphatic carboxylic acids is 1. The van der Waals surface area contributed by atoms with Gasteiger partial charge in [-0.05, 0) is 12.5 Å². The van der Waals surface area contributed by atoms with Crippen LogP contribution in [-0.2, 0) is 4.79 Å². The van der Waals surface area contributed by atoms with Crippen LogP contribution in [0.5, 0.6) is 0 Å². The van der Waals surface area contributed by atoms with Gasteiger partial charge in [-0.25, -0.2) is 9.79 Å².